The normalized spacial score (nSPS) is 12.2. The second-order valence-electron chi connectivity index (χ2n) is 4.63. The van der Waals surface area contributed by atoms with Gasteiger partial charge in [0.1, 0.15) is 5.75 Å². The molecule has 1 atom stereocenters. The second-order valence-corrected chi connectivity index (χ2v) is 6.34. The number of aryl methyl sites for hydroxylation is 1. The van der Waals surface area contributed by atoms with Crippen LogP contribution in [0.4, 0.5) is 0 Å². The fourth-order valence-corrected chi connectivity index (χ4v) is 3.29. The Labute approximate surface area is 136 Å². The molecule has 0 spiro atoms. The van der Waals surface area contributed by atoms with Crippen LogP contribution < -0.4 is 10.1 Å². The van der Waals surface area contributed by atoms with Gasteiger partial charge in [-0.1, -0.05) is 55.6 Å². The molecule has 0 aliphatic carbocycles. The Morgan fingerprint density at radius 1 is 1.00 bits per heavy atom. The summed E-state index contributed by atoms with van der Waals surface area (Å²) >= 11 is 7.28. The topological polar surface area (TPSA) is 21.3 Å². The van der Waals surface area contributed by atoms with Gasteiger partial charge in [0.2, 0.25) is 0 Å². The molecule has 0 aromatic heterocycles. The standard InChI is InChI=1S/C16H17Br2NO/c1-10-4-7-14(17)13(8-10)16(19-2)12-6-5-11(20-3)9-15(12)18/h4-9,16,19H,1-3H3. The van der Waals surface area contributed by atoms with Crippen LogP contribution in [0.2, 0.25) is 0 Å². The predicted octanol–water partition coefficient (Wildman–Crippen LogP) is 4.84. The van der Waals surface area contributed by atoms with Crippen LogP contribution in [0.5, 0.6) is 5.75 Å². The van der Waals surface area contributed by atoms with E-state index in [4.69, 9.17) is 4.74 Å². The van der Waals surface area contributed by atoms with Crippen molar-refractivity contribution in [2.75, 3.05) is 14.2 Å². The van der Waals surface area contributed by atoms with Crippen molar-refractivity contribution in [2.45, 2.75) is 13.0 Å². The van der Waals surface area contributed by atoms with Crippen molar-refractivity contribution in [3.8, 4) is 5.75 Å². The van der Waals surface area contributed by atoms with E-state index in [1.165, 1.54) is 16.7 Å². The zero-order valence-corrected chi connectivity index (χ0v) is 14.9. The molecule has 0 fully saturated rings. The third-order valence-corrected chi connectivity index (χ3v) is 4.68. The maximum atomic E-state index is 5.25. The molecule has 20 heavy (non-hydrogen) atoms. The number of methoxy groups -OCH3 is 1. The van der Waals surface area contributed by atoms with Crippen molar-refractivity contribution < 1.29 is 4.74 Å². The highest BCUT2D eigenvalue weighted by Crippen LogP contribution is 2.34. The van der Waals surface area contributed by atoms with Gasteiger partial charge in [0, 0.05) is 8.95 Å². The Balaban J connectivity index is 2.49. The minimum Gasteiger partial charge on any atom is -0.497 e. The zero-order chi connectivity index (χ0) is 14.7. The Bertz CT molecular complexity index is 613. The van der Waals surface area contributed by atoms with Crippen molar-refractivity contribution in [1.29, 1.82) is 0 Å². The third kappa shape index (κ3) is 3.25. The summed E-state index contributed by atoms with van der Waals surface area (Å²) in [7, 11) is 3.64. The fourth-order valence-electron chi connectivity index (χ4n) is 2.23. The second kappa shape index (κ2) is 6.74. The van der Waals surface area contributed by atoms with Crippen LogP contribution in [0, 0.1) is 6.92 Å². The Kier molecular flexibility index (Phi) is 5.24. The quantitative estimate of drug-likeness (QED) is 0.795. The summed E-state index contributed by atoms with van der Waals surface area (Å²) in [4.78, 5) is 0. The minimum atomic E-state index is 0.115. The number of ether oxygens (including phenoxy) is 1. The molecule has 0 amide bonds. The summed E-state index contributed by atoms with van der Waals surface area (Å²) in [6.45, 7) is 2.10. The lowest BCUT2D eigenvalue weighted by Crippen LogP contribution is -2.18. The smallest absolute Gasteiger partial charge is 0.120 e. The maximum absolute atomic E-state index is 5.25. The first kappa shape index (κ1) is 15.5. The van der Waals surface area contributed by atoms with Crippen molar-refractivity contribution >= 4 is 31.9 Å². The maximum Gasteiger partial charge on any atom is 0.120 e. The van der Waals surface area contributed by atoms with E-state index in [0.29, 0.717) is 0 Å². The Morgan fingerprint density at radius 2 is 1.75 bits per heavy atom. The lowest BCUT2D eigenvalue weighted by molar-refractivity contribution is 0.414. The number of benzene rings is 2. The molecule has 0 heterocycles. The zero-order valence-electron chi connectivity index (χ0n) is 11.7. The van der Waals surface area contributed by atoms with E-state index in [9.17, 15) is 0 Å². The van der Waals surface area contributed by atoms with E-state index in [0.717, 1.165) is 14.7 Å². The Morgan fingerprint density at radius 3 is 2.35 bits per heavy atom. The third-order valence-electron chi connectivity index (χ3n) is 3.27. The van der Waals surface area contributed by atoms with Crippen molar-refractivity contribution in [1.82, 2.24) is 5.32 Å². The lowest BCUT2D eigenvalue weighted by atomic mass is 9.97. The highest BCUT2D eigenvalue weighted by molar-refractivity contribution is 9.10. The first-order valence-electron chi connectivity index (χ1n) is 6.33. The van der Waals surface area contributed by atoms with Gasteiger partial charge in [-0.25, -0.2) is 0 Å². The van der Waals surface area contributed by atoms with Crippen LogP contribution in [0.15, 0.2) is 45.3 Å². The summed E-state index contributed by atoms with van der Waals surface area (Å²) < 4.78 is 7.39. The molecular weight excluding hydrogens is 382 g/mol. The number of nitrogens with one attached hydrogen (secondary N) is 1. The molecule has 0 saturated carbocycles. The molecule has 2 rings (SSSR count). The van der Waals surface area contributed by atoms with Gasteiger partial charge in [-0.05, 0) is 43.3 Å². The van der Waals surface area contributed by atoms with Gasteiger partial charge < -0.3 is 10.1 Å². The first-order chi connectivity index (χ1) is 9.56. The molecular formula is C16H17Br2NO. The average molecular weight is 399 g/mol. The SMILES string of the molecule is CNC(c1ccc(OC)cc1Br)c1cc(C)ccc1Br. The molecule has 0 bridgehead atoms. The molecule has 1 N–H and O–H groups in total. The molecule has 0 saturated heterocycles. The van der Waals surface area contributed by atoms with Crippen LogP contribution in [-0.4, -0.2) is 14.2 Å². The molecule has 4 heteroatoms. The molecule has 2 aromatic carbocycles. The van der Waals surface area contributed by atoms with Gasteiger partial charge in [0.25, 0.3) is 0 Å². The molecule has 0 radical (unpaired) electrons. The van der Waals surface area contributed by atoms with Crippen LogP contribution in [-0.2, 0) is 0 Å². The summed E-state index contributed by atoms with van der Waals surface area (Å²) in [5.74, 6) is 0.846. The number of rotatable bonds is 4. The summed E-state index contributed by atoms with van der Waals surface area (Å²) in [6, 6.07) is 12.6. The van der Waals surface area contributed by atoms with Gasteiger partial charge in [-0.15, -0.1) is 0 Å². The van der Waals surface area contributed by atoms with E-state index in [1.54, 1.807) is 7.11 Å². The van der Waals surface area contributed by atoms with Crippen LogP contribution in [0.3, 0.4) is 0 Å². The number of hydrogen-bond acceptors (Lipinski definition) is 2. The predicted molar refractivity (Wildman–Crippen MR) is 90.5 cm³/mol. The van der Waals surface area contributed by atoms with E-state index < -0.39 is 0 Å². The molecule has 0 aliphatic rings. The van der Waals surface area contributed by atoms with Gasteiger partial charge >= 0.3 is 0 Å². The van der Waals surface area contributed by atoms with Crippen LogP contribution in [0.25, 0.3) is 0 Å². The Hall–Kier alpha value is -0.840. The molecule has 1 unspecified atom stereocenters. The average Bonchev–Trinajstić information content (AvgIpc) is 2.44. The van der Waals surface area contributed by atoms with E-state index in [2.05, 4.69) is 68.4 Å². The largest absolute Gasteiger partial charge is 0.497 e. The lowest BCUT2D eigenvalue weighted by Gasteiger charge is -2.21. The summed E-state index contributed by atoms with van der Waals surface area (Å²) in [5.41, 5.74) is 3.64. The molecule has 106 valence electrons. The van der Waals surface area contributed by atoms with E-state index in [1.807, 2.05) is 19.2 Å². The highest BCUT2D eigenvalue weighted by Gasteiger charge is 2.18. The summed E-state index contributed by atoms with van der Waals surface area (Å²) in [5, 5.41) is 3.38. The van der Waals surface area contributed by atoms with Gasteiger partial charge in [0.05, 0.1) is 13.2 Å². The highest BCUT2D eigenvalue weighted by atomic mass is 79.9. The molecule has 2 aromatic rings. The van der Waals surface area contributed by atoms with E-state index in [-0.39, 0.29) is 6.04 Å². The first-order valence-corrected chi connectivity index (χ1v) is 7.92. The van der Waals surface area contributed by atoms with Crippen LogP contribution >= 0.6 is 31.9 Å². The van der Waals surface area contributed by atoms with Gasteiger partial charge in [-0.3, -0.25) is 0 Å². The minimum absolute atomic E-state index is 0.115. The fraction of sp³-hybridized carbons (Fsp3) is 0.250. The molecule has 0 aliphatic heterocycles. The van der Waals surface area contributed by atoms with E-state index >= 15 is 0 Å². The number of halogens is 2. The van der Waals surface area contributed by atoms with Crippen molar-refractivity contribution in [3.05, 3.63) is 62.0 Å². The van der Waals surface area contributed by atoms with Crippen molar-refractivity contribution in [3.63, 3.8) is 0 Å². The monoisotopic (exact) mass is 397 g/mol. The number of hydrogen-bond donors (Lipinski definition) is 1. The molecule has 2 nitrogen and oxygen atoms in total. The van der Waals surface area contributed by atoms with Gasteiger partial charge in [0.15, 0.2) is 0 Å². The van der Waals surface area contributed by atoms with Crippen LogP contribution in [0.1, 0.15) is 22.7 Å². The summed E-state index contributed by atoms with van der Waals surface area (Å²) in [6.07, 6.45) is 0. The van der Waals surface area contributed by atoms with Gasteiger partial charge in [-0.2, -0.15) is 0 Å². The van der Waals surface area contributed by atoms with Crippen molar-refractivity contribution in [2.24, 2.45) is 0 Å².